The first-order valence-corrected chi connectivity index (χ1v) is 10.2. The van der Waals surface area contributed by atoms with Crippen molar-refractivity contribution in [2.45, 2.75) is 9.24 Å². The summed E-state index contributed by atoms with van der Waals surface area (Å²) in [6, 6.07) is 11.1. The van der Waals surface area contributed by atoms with Crippen molar-refractivity contribution >= 4 is 40.8 Å². The molecule has 2 aromatic carbocycles. The van der Waals surface area contributed by atoms with Crippen molar-refractivity contribution in [3.8, 4) is 17.2 Å². The number of carbonyl (C=O) groups excluding carboxylic acids is 1. The number of anilines is 1. The molecule has 9 heteroatoms. The molecule has 0 radical (unpaired) electrons. The van der Waals surface area contributed by atoms with Crippen LogP contribution in [0.2, 0.25) is 0 Å². The van der Waals surface area contributed by atoms with Crippen molar-refractivity contribution in [2.75, 3.05) is 26.6 Å². The summed E-state index contributed by atoms with van der Waals surface area (Å²) < 4.78 is 16.8. The summed E-state index contributed by atoms with van der Waals surface area (Å²) in [5, 5.41) is 10.8. The van der Waals surface area contributed by atoms with Crippen LogP contribution in [0.15, 0.2) is 57.2 Å². The van der Waals surface area contributed by atoms with Crippen LogP contribution in [-0.4, -0.2) is 37.4 Å². The van der Waals surface area contributed by atoms with E-state index in [2.05, 4.69) is 15.5 Å². The number of ether oxygens (including phenoxy) is 3. The zero-order valence-corrected chi connectivity index (χ0v) is 17.7. The van der Waals surface area contributed by atoms with E-state index >= 15 is 0 Å². The molecule has 29 heavy (non-hydrogen) atoms. The molecule has 0 bridgehead atoms. The number of amides is 1. The molecule has 0 saturated heterocycles. The second kappa shape index (κ2) is 9.94. The van der Waals surface area contributed by atoms with Crippen molar-refractivity contribution in [3.63, 3.8) is 0 Å². The van der Waals surface area contributed by atoms with Crippen LogP contribution in [0.3, 0.4) is 0 Å². The van der Waals surface area contributed by atoms with Crippen LogP contribution >= 0.6 is 23.1 Å². The van der Waals surface area contributed by atoms with Gasteiger partial charge in [0, 0.05) is 11.0 Å². The van der Waals surface area contributed by atoms with E-state index in [1.807, 2.05) is 24.3 Å². The van der Waals surface area contributed by atoms with Gasteiger partial charge >= 0.3 is 0 Å². The van der Waals surface area contributed by atoms with Crippen LogP contribution in [0, 0.1) is 0 Å². The van der Waals surface area contributed by atoms with Gasteiger partial charge in [0.05, 0.1) is 27.0 Å². The molecule has 1 amide bonds. The van der Waals surface area contributed by atoms with Gasteiger partial charge in [0.15, 0.2) is 15.8 Å². The Morgan fingerprint density at radius 1 is 1.10 bits per heavy atom. The molecule has 1 heterocycles. The van der Waals surface area contributed by atoms with E-state index in [-0.39, 0.29) is 5.91 Å². The number of hydrogen-bond acceptors (Lipinski definition) is 8. The fourth-order valence-corrected chi connectivity index (χ4v) is 4.03. The summed E-state index contributed by atoms with van der Waals surface area (Å²) in [5.74, 6) is 1.28. The molecule has 0 atom stereocenters. The third-order valence-electron chi connectivity index (χ3n) is 3.80. The van der Waals surface area contributed by atoms with Gasteiger partial charge in [-0.1, -0.05) is 35.2 Å². The first-order chi connectivity index (χ1) is 14.1. The molecule has 0 fully saturated rings. The van der Waals surface area contributed by atoms with Gasteiger partial charge in [0.1, 0.15) is 5.51 Å². The first kappa shape index (κ1) is 20.7. The Balaban J connectivity index is 1.75. The van der Waals surface area contributed by atoms with E-state index in [4.69, 9.17) is 14.2 Å². The first-order valence-electron chi connectivity index (χ1n) is 8.46. The standard InChI is InChI=1S/C20H19N3O4S2/c1-25-15-10-13(11-16(26-2)19(15)27-3)8-9-18(24)22-14-6-4-5-7-17(14)29-20-23-21-12-28-20/h4-12H,1-3H3,(H,22,24)/b9-8+. The quantitative estimate of drug-likeness (QED) is 0.533. The van der Waals surface area contributed by atoms with Crippen molar-refractivity contribution in [2.24, 2.45) is 0 Å². The third-order valence-corrected chi connectivity index (χ3v) is 5.65. The minimum absolute atomic E-state index is 0.260. The Morgan fingerprint density at radius 2 is 1.83 bits per heavy atom. The van der Waals surface area contributed by atoms with E-state index in [1.165, 1.54) is 29.2 Å². The molecule has 3 aromatic rings. The van der Waals surface area contributed by atoms with Crippen LogP contribution < -0.4 is 19.5 Å². The molecule has 7 nitrogen and oxygen atoms in total. The van der Waals surface area contributed by atoms with Gasteiger partial charge in [0.2, 0.25) is 11.7 Å². The number of para-hydroxylation sites is 1. The fraction of sp³-hybridized carbons (Fsp3) is 0.150. The van der Waals surface area contributed by atoms with Gasteiger partial charge in [-0.3, -0.25) is 4.79 Å². The normalized spacial score (nSPS) is 10.7. The van der Waals surface area contributed by atoms with Crippen molar-refractivity contribution < 1.29 is 19.0 Å². The Labute approximate surface area is 176 Å². The zero-order valence-electron chi connectivity index (χ0n) is 16.0. The highest BCUT2D eigenvalue weighted by Crippen LogP contribution is 2.38. The molecule has 1 N–H and O–H groups in total. The summed E-state index contributed by atoms with van der Waals surface area (Å²) in [6.45, 7) is 0. The monoisotopic (exact) mass is 429 g/mol. The SMILES string of the molecule is COc1cc(/C=C/C(=O)Nc2ccccc2Sc2nncs2)cc(OC)c1OC. The Morgan fingerprint density at radius 3 is 2.45 bits per heavy atom. The highest BCUT2D eigenvalue weighted by Gasteiger charge is 2.12. The van der Waals surface area contributed by atoms with E-state index < -0.39 is 0 Å². The Bertz CT molecular complexity index is 982. The minimum atomic E-state index is -0.260. The number of hydrogen-bond donors (Lipinski definition) is 1. The van der Waals surface area contributed by atoms with Crippen LogP contribution in [0.4, 0.5) is 5.69 Å². The molecule has 3 rings (SSSR count). The van der Waals surface area contributed by atoms with Gasteiger partial charge in [-0.15, -0.1) is 10.2 Å². The number of methoxy groups -OCH3 is 3. The summed E-state index contributed by atoms with van der Waals surface area (Å²) >= 11 is 2.89. The van der Waals surface area contributed by atoms with Crippen molar-refractivity contribution in [3.05, 3.63) is 53.5 Å². The maximum absolute atomic E-state index is 12.5. The number of nitrogens with one attached hydrogen (secondary N) is 1. The van der Waals surface area contributed by atoms with Gasteiger partial charge in [-0.25, -0.2) is 0 Å². The summed E-state index contributed by atoms with van der Waals surface area (Å²) in [6.07, 6.45) is 3.13. The number of nitrogens with zero attached hydrogens (tertiary/aromatic N) is 2. The number of aromatic nitrogens is 2. The van der Waals surface area contributed by atoms with E-state index in [1.54, 1.807) is 45.0 Å². The third kappa shape index (κ3) is 5.27. The summed E-state index contributed by atoms with van der Waals surface area (Å²) in [7, 11) is 4.63. The van der Waals surface area contributed by atoms with Crippen molar-refractivity contribution in [1.82, 2.24) is 10.2 Å². The maximum atomic E-state index is 12.5. The molecule has 0 spiro atoms. The molecule has 0 aliphatic heterocycles. The number of carbonyl (C=O) groups is 1. The van der Waals surface area contributed by atoms with Gasteiger partial charge in [-0.2, -0.15) is 0 Å². The largest absolute Gasteiger partial charge is 0.493 e. The smallest absolute Gasteiger partial charge is 0.248 e. The minimum Gasteiger partial charge on any atom is -0.493 e. The highest BCUT2D eigenvalue weighted by atomic mass is 32.2. The maximum Gasteiger partial charge on any atom is 0.248 e. The lowest BCUT2D eigenvalue weighted by atomic mass is 10.1. The Kier molecular flexibility index (Phi) is 7.09. The molecule has 0 unspecified atom stereocenters. The average Bonchev–Trinajstić information content (AvgIpc) is 3.26. The second-order valence-electron chi connectivity index (χ2n) is 5.58. The lowest BCUT2D eigenvalue weighted by Gasteiger charge is -2.12. The molecule has 0 saturated carbocycles. The van der Waals surface area contributed by atoms with Crippen LogP contribution in [0.25, 0.3) is 6.08 Å². The predicted molar refractivity (Wildman–Crippen MR) is 114 cm³/mol. The average molecular weight is 430 g/mol. The van der Waals surface area contributed by atoms with Crippen LogP contribution in [-0.2, 0) is 4.79 Å². The van der Waals surface area contributed by atoms with Gasteiger partial charge < -0.3 is 19.5 Å². The summed E-state index contributed by atoms with van der Waals surface area (Å²) in [4.78, 5) is 13.3. The fourth-order valence-electron chi connectivity index (χ4n) is 2.50. The molecule has 150 valence electrons. The number of benzene rings is 2. The van der Waals surface area contributed by atoms with Crippen LogP contribution in [0.1, 0.15) is 5.56 Å². The Hall–Kier alpha value is -3.04. The number of rotatable bonds is 8. The highest BCUT2D eigenvalue weighted by molar-refractivity contribution is 8.01. The molecule has 1 aromatic heterocycles. The summed E-state index contributed by atoms with van der Waals surface area (Å²) in [5.41, 5.74) is 3.11. The lowest BCUT2D eigenvalue weighted by Crippen LogP contribution is -2.08. The topological polar surface area (TPSA) is 82.6 Å². The predicted octanol–water partition coefficient (Wildman–Crippen LogP) is 4.37. The van der Waals surface area contributed by atoms with E-state index in [9.17, 15) is 4.79 Å². The molecule has 0 aliphatic carbocycles. The molecular weight excluding hydrogens is 410 g/mol. The molecular formula is C20H19N3O4S2. The van der Waals surface area contributed by atoms with Crippen LogP contribution in [0.5, 0.6) is 17.2 Å². The van der Waals surface area contributed by atoms with Crippen molar-refractivity contribution in [1.29, 1.82) is 0 Å². The molecule has 0 aliphatic rings. The second-order valence-corrected chi connectivity index (χ2v) is 7.71. The van der Waals surface area contributed by atoms with Gasteiger partial charge in [-0.05, 0) is 35.9 Å². The zero-order chi connectivity index (χ0) is 20.6. The van der Waals surface area contributed by atoms with Gasteiger partial charge in [0.25, 0.3) is 0 Å². The van der Waals surface area contributed by atoms with E-state index in [0.717, 1.165) is 14.8 Å². The van der Waals surface area contributed by atoms with E-state index in [0.29, 0.717) is 22.9 Å². The lowest BCUT2D eigenvalue weighted by molar-refractivity contribution is -0.111.